The Morgan fingerprint density at radius 2 is 1.73 bits per heavy atom. The van der Waals surface area contributed by atoms with E-state index in [2.05, 4.69) is 16.1 Å². The second-order valence-corrected chi connectivity index (χ2v) is 8.50. The van der Waals surface area contributed by atoms with Crippen LogP contribution in [0, 0.1) is 0 Å². The van der Waals surface area contributed by atoms with Crippen LogP contribution in [0.4, 0.5) is 5.69 Å². The Bertz CT molecular complexity index is 1520. The number of rotatable bonds is 6. The largest absolute Gasteiger partial charge is 0.497 e. The Labute approximate surface area is 216 Å². The van der Waals surface area contributed by atoms with Crippen molar-refractivity contribution < 1.29 is 28.6 Å². The summed E-state index contributed by atoms with van der Waals surface area (Å²) in [6, 6.07) is 18.5. The fourth-order valence-electron chi connectivity index (χ4n) is 3.81. The summed E-state index contributed by atoms with van der Waals surface area (Å²) in [6.45, 7) is 0.230. The van der Waals surface area contributed by atoms with Gasteiger partial charge in [-0.25, -0.2) is 4.68 Å². The minimum atomic E-state index is -0.952. The van der Waals surface area contributed by atoms with Crippen LogP contribution < -0.4 is 30.3 Å². The number of methoxy groups -OCH3 is 1. The Morgan fingerprint density at radius 3 is 2.51 bits per heavy atom. The number of nitrogens with one attached hydrogen (secondary N) is 3. The van der Waals surface area contributed by atoms with E-state index in [-0.39, 0.29) is 19.0 Å². The van der Waals surface area contributed by atoms with Gasteiger partial charge in [-0.05, 0) is 66.2 Å². The quantitative estimate of drug-likeness (QED) is 0.334. The van der Waals surface area contributed by atoms with Crippen molar-refractivity contribution in [3.05, 3.63) is 83.0 Å². The van der Waals surface area contributed by atoms with Crippen molar-refractivity contribution in [2.45, 2.75) is 6.54 Å². The number of nitrogens with zero attached hydrogens (tertiary/aromatic N) is 1. The predicted octanol–water partition coefficient (Wildman–Crippen LogP) is 3.67. The first kappa shape index (κ1) is 24.0. The summed E-state index contributed by atoms with van der Waals surface area (Å²) in [5.41, 5.74) is 4.35. The average molecular weight is 521 g/mol. The molecule has 1 aromatic heterocycles. The molecular weight excluding hydrogens is 500 g/mol. The summed E-state index contributed by atoms with van der Waals surface area (Å²) in [7, 11) is 1.55. The van der Waals surface area contributed by atoms with Gasteiger partial charge in [0.2, 0.25) is 6.79 Å². The van der Waals surface area contributed by atoms with Crippen molar-refractivity contribution >= 4 is 45.9 Å². The summed E-state index contributed by atoms with van der Waals surface area (Å²) in [6.07, 6.45) is 0. The van der Waals surface area contributed by atoms with Gasteiger partial charge >= 0.3 is 11.8 Å². The maximum absolute atomic E-state index is 13.1. The van der Waals surface area contributed by atoms with Crippen LogP contribution >= 0.6 is 11.6 Å². The van der Waals surface area contributed by atoms with E-state index in [9.17, 15) is 14.4 Å². The van der Waals surface area contributed by atoms with Gasteiger partial charge in [-0.1, -0.05) is 17.7 Å². The second kappa shape index (κ2) is 10.1. The summed E-state index contributed by atoms with van der Waals surface area (Å²) < 4.78 is 17.0. The van der Waals surface area contributed by atoms with Crippen LogP contribution in [0.15, 0.2) is 66.7 Å². The summed E-state index contributed by atoms with van der Waals surface area (Å²) >= 11 is 6.12. The molecular formula is C26H21ClN4O6. The van der Waals surface area contributed by atoms with Crippen molar-refractivity contribution in [1.82, 2.24) is 9.99 Å². The zero-order valence-electron chi connectivity index (χ0n) is 19.5. The van der Waals surface area contributed by atoms with E-state index < -0.39 is 17.7 Å². The second-order valence-electron chi connectivity index (χ2n) is 8.06. The fourth-order valence-corrected chi connectivity index (χ4v) is 3.99. The van der Waals surface area contributed by atoms with Gasteiger partial charge in [0, 0.05) is 22.6 Å². The molecule has 1 aliphatic rings. The lowest BCUT2D eigenvalue weighted by Gasteiger charge is -2.13. The van der Waals surface area contributed by atoms with Crippen LogP contribution in [-0.4, -0.2) is 36.3 Å². The lowest BCUT2D eigenvalue weighted by Crippen LogP contribution is -2.39. The maximum Gasteiger partial charge on any atom is 0.328 e. The molecule has 0 saturated carbocycles. The van der Waals surface area contributed by atoms with E-state index in [1.807, 2.05) is 0 Å². The number of carbonyl (C=O) groups excluding carboxylic acids is 3. The van der Waals surface area contributed by atoms with Gasteiger partial charge in [0.05, 0.1) is 12.6 Å². The Kier molecular flexibility index (Phi) is 6.57. The van der Waals surface area contributed by atoms with E-state index in [0.717, 1.165) is 5.56 Å². The van der Waals surface area contributed by atoms with Crippen LogP contribution in [0.5, 0.6) is 17.2 Å². The molecule has 0 atom stereocenters. The molecule has 0 spiro atoms. The number of fused-ring (bicyclic) bond motifs is 2. The zero-order chi connectivity index (χ0) is 25.9. The molecule has 0 fully saturated rings. The number of anilines is 1. The number of amides is 3. The molecule has 0 aliphatic carbocycles. The molecule has 0 unspecified atom stereocenters. The van der Waals surface area contributed by atoms with E-state index in [0.29, 0.717) is 38.9 Å². The molecule has 10 nitrogen and oxygen atoms in total. The lowest BCUT2D eigenvalue weighted by atomic mass is 10.2. The molecule has 0 radical (unpaired) electrons. The Balaban J connectivity index is 1.33. The third-order valence-electron chi connectivity index (χ3n) is 5.65. The van der Waals surface area contributed by atoms with Gasteiger partial charge in [-0.2, -0.15) is 0 Å². The van der Waals surface area contributed by atoms with Gasteiger partial charge in [-0.3, -0.25) is 19.8 Å². The smallest absolute Gasteiger partial charge is 0.328 e. The van der Waals surface area contributed by atoms with Crippen molar-refractivity contribution in [2.24, 2.45) is 0 Å². The van der Waals surface area contributed by atoms with Crippen LogP contribution in [0.25, 0.3) is 10.9 Å². The minimum absolute atomic E-state index is 0.0930. The van der Waals surface area contributed by atoms with Gasteiger partial charge in [0.25, 0.3) is 5.91 Å². The highest BCUT2D eigenvalue weighted by molar-refractivity contribution is 6.38. The number of hydrogen-bond donors (Lipinski definition) is 3. The van der Waals surface area contributed by atoms with Crippen LogP contribution in [-0.2, 0) is 16.1 Å². The third-order valence-corrected chi connectivity index (χ3v) is 5.89. The molecule has 0 bridgehead atoms. The number of hydrogen-bond acceptors (Lipinski definition) is 6. The minimum Gasteiger partial charge on any atom is -0.497 e. The molecule has 188 valence electrons. The van der Waals surface area contributed by atoms with Gasteiger partial charge in [0.15, 0.2) is 11.5 Å². The molecule has 37 heavy (non-hydrogen) atoms. The lowest BCUT2D eigenvalue weighted by molar-refractivity contribution is -0.136. The molecule has 3 amide bonds. The van der Waals surface area contributed by atoms with Crippen molar-refractivity contribution in [3.63, 3.8) is 0 Å². The van der Waals surface area contributed by atoms with E-state index >= 15 is 0 Å². The van der Waals surface area contributed by atoms with Crippen molar-refractivity contribution in [3.8, 4) is 17.2 Å². The number of aromatic nitrogens is 1. The van der Waals surface area contributed by atoms with Crippen LogP contribution in [0.2, 0.25) is 5.02 Å². The molecule has 3 aromatic carbocycles. The van der Waals surface area contributed by atoms with Gasteiger partial charge in [-0.15, -0.1) is 0 Å². The van der Waals surface area contributed by atoms with Crippen molar-refractivity contribution in [2.75, 3.05) is 24.6 Å². The van der Waals surface area contributed by atoms with E-state index in [1.54, 1.807) is 73.8 Å². The first-order valence-electron chi connectivity index (χ1n) is 11.2. The molecule has 3 N–H and O–H groups in total. The first-order chi connectivity index (χ1) is 17.9. The standard InChI is InChI=1S/C26H21ClN4O6/c1-35-19-6-4-18(5-7-19)29-24(32)21-12-16-11-17(27)3-8-20(16)31(21)30-26(34)25(33)28-13-15-2-9-22-23(10-15)37-14-36-22/h2-12H,13-14H2,1H3,(H,28,33)(H,29,32)(H,30,34). The first-order valence-corrected chi connectivity index (χ1v) is 11.5. The number of carbonyl (C=O) groups is 3. The normalized spacial score (nSPS) is 11.7. The van der Waals surface area contributed by atoms with Gasteiger partial charge < -0.3 is 24.8 Å². The van der Waals surface area contributed by atoms with E-state index in [4.69, 9.17) is 25.8 Å². The number of halogens is 1. The topological polar surface area (TPSA) is 120 Å². The zero-order valence-corrected chi connectivity index (χ0v) is 20.3. The van der Waals surface area contributed by atoms with Gasteiger partial charge in [0.1, 0.15) is 11.4 Å². The number of benzene rings is 3. The Morgan fingerprint density at radius 1 is 0.946 bits per heavy atom. The summed E-state index contributed by atoms with van der Waals surface area (Å²) in [5.74, 6) is -0.505. The molecule has 5 rings (SSSR count). The third kappa shape index (κ3) is 5.14. The summed E-state index contributed by atoms with van der Waals surface area (Å²) in [5, 5.41) is 6.40. The highest BCUT2D eigenvalue weighted by Crippen LogP contribution is 2.32. The highest BCUT2D eigenvalue weighted by Gasteiger charge is 2.21. The molecule has 1 aliphatic heterocycles. The van der Waals surface area contributed by atoms with Crippen molar-refractivity contribution in [1.29, 1.82) is 0 Å². The highest BCUT2D eigenvalue weighted by atomic mass is 35.5. The molecule has 2 heterocycles. The molecule has 4 aromatic rings. The molecule has 0 saturated heterocycles. The maximum atomic E-state index is 13.1. The fraction of sp³-hybridized carbons (Fsp3) is 0.115. The SMILES string of the molecule is COc1ccc(NC(=O)c2cc3cc(Cl)ccc3n2NC(=O)C(=O)NCc2ccc3c(c2)OCO3)cc1. The summed E-state index contributed by atoms with van der Waals surface area (Å²) in [4.78, 5) is 38.5. The monoisotopic (exact) mass is 520 g/mol. The number of ether oxygens (including phenoxy) is 3. The average Bonchev–Trinajstić information content (AvgIpc) is 3.51. The molecule has 11 heteroatoms. The predicted molar refractivity (Wildman–Crippen MR) is 137 cm³/mol. The Hall–Kier alpha value is -4.70. The van der Waals surface area contributed by atoms with Crippen LogP contribution in [0.3, 0.4) is 0 Å². The van der Waals surface area contributed by atoms with Crippen LogP contribution in [0.1, 0.15) is 16.1 Å². The van der Waals surface area contributed by atoms with E-state index in [1.165, 1.54) is 4.68 Å².